The molecule has 96 valence electrons. The van der Waals surface area contributed by atoms with E-state index in [2.05, 4.69) is 37.0 Å². The van der Waals surface area contributed by atoms with Crippen LogP contribution < -0.4 is 5.01 Å². The average Bonchev–Trinajstić information content (AvgIpc) is 2.62. The third-order valence-electron chi connectivity index (χ3n) is 2.20. The van der Waals surface area contributed by atoms with Crippen LogP contribution in [0.1, 0.15) is 6.42 Å². The van der Waals surface area contributed by atoms with Gasteiger partial charge in [-0.2, -0.15) is 18.5 Å². The fraction of sp³-hybridized carbons (Fsp3) is 0.111. The van der Waals surface area contributed by atoms with Gasteiger partial charge in [-0.3, -0.25) is 9.35 Å². The second kappa shape index (κ2) is 4.72. The Bertz CT molecular complexity index is 634. The van der Waals surface area contributed by atoms with E-state index in [1.807, 2.05) is 0 Å². The normalized spacial score (nSPS) is 15.5. The highest BCUT2D eigenvalue weighted by Crippen LogP contribution is 2.38. The van der Waals surface area contributed by atoms with Gasteiger partial charge in [-0.1, -0.05) is 0 Å². The van der Waals surface area contributed by atoms with Crippen LogP contribution in [-0.4, -0.2) is 25.1 Å². The Hall–Kier alpha value is -0.770. The highest BCUT2D eigenvalue weighted by molar-refractivity contribution is 9.11. The Morgan fingerprint density at radius 1 is 1.28 bits per heavy atom. The van der Waals surface area contributed by atoms with Gasteiger partial charge in [0.1, 0.15) is 0 Å². The summed E-state index contributed by atoms with van der Waals surface area (Å²) in [6.07, 6.45) is 1.65. The first-order chi connectivity index (χ1) is 8.30. The SMILES string of the molecule is O=C1CC=NN1c1c(Br)cc(S(=O)(=O)O)cc1Br. The van der Waals surface area contributed by atoms with E-state index in [-0.39, 0.29) is 17.2 Å². The molecule has 0 fully saturated rings. The molecule has 0 aliphatic carbocycles. The molecule has 0 saturated heterocycles. The second-order valence-electron chi connectivity index (χ2n) is 3.42. The van der Waals surface area contributed by atoms with Crippen LogP contribution in [0, 0.1) is 0 Å². The topological polar surface area (TPSA) is 87.0 Å². The Kier molecular flexibility index (Phi) is 3.58. The fourth-order valence-electron chi connectivity index (χ4n) is 1.43. The Morgan fingerprint density at radius 2 is 1.83 bits per heavy atom. The lowest BCUT2D eigenvalue weighted by molar-refractivity contribution is -0.116. The zero-order valence-corrected chi connectivity index (χ0v) is 12.7. The maximum Gasteiger partial charge on any atom is 0.294 e. The van der Waals surface area contributed by atoms with Crippen LogP contribution in [0.4, 0.5) is 5.69 Å². The van der Waals surface area contributed by atoms with Gasteiger partial charge in [-0.05, 0) is 44.0 Å². The number of hydrazone groups is 1. The van der Waals surface area contributed by atoms with E-state index in [4.69, 9.17) is 4.55 Å². The zero-order valence-electron chi connectivity index (χ0n) is 8.67. The predicted molar refractivity (Wildman–Crippen MR) is 72.3 cm³/mol. The maximum absolute atomic E-state index is 11.6. The Morgan fingerprint density at radius 3 is 2.22 bits per heavy atom. The highest BCUT2D eigenvalue weighted by atomic mass is 79.9. The molecule has 2 rings (SSSR count). The monoisotopic (exact) mass is 396 g/mol. The Labute approximate surface area is 120 Å². The lowest BCUT2D eigenvalue weighted by atomic mass is 10.3. The number of carbonyl (C=O) groups excluding carboxylic acids is 1. The largest absolute Gasteiger partial charge is 0.294 e. The number of rotatable bonds is 2. The predicted octanol–water partition coefficient (Wildman–Crippen LogP) is 2.18. The van der Waals surface area contributed by atoms with Gasteiger partial charge in [0, 0.05) is 15.2 Å². The minimum Gasteiger partial charge on any atom is -0.282 e. The van der Waals surface area contributed by atoms with Crippen LogP contribution in [0.2, 0.25) is 0 Å². The van der Waals surface area contributed by atoms with E-state index < -0.39 is 10.1 Å². The smallest absolute Gasteiger partial charge is 0.282 e. The summed E-state index contributed by atoms with van der Waals surface area (Å²) < 4.78 is 31.7. The number of hydrogen-bond donors (Lipinski definition) is 1. The van der Waals surface area contributed by atoms with Gasteiger partial charge in [0.15, 0.2) is 0 Å². The molecule has 0 atom stereocenters. The molecule has 18 heavy (non-hydrogen) atoms. The summed E-state index contributed by atoms with van der Waals surface area (Å²) in [5.74, 6) is -0.226. The molecular weight excluding hydrogens is 392 g/mol. The molecule has 0 saturated carbocycles. The van der Waals surface area contributed by atoms with E-state index in [0.29, 0.717) is 14.6 Å². The lowest BCUT2D eigenvalue weighted by Crippen LogP contribution is -2.20. The third-order valence-corrected chi connectivity index (χ3v) is 4.24. The van der Waals surface area contributed by atoms with Crippen LogP contribution in [0.15, 0.2) is 31.1 Å². The molecule has 1 amide bonds. The van der Waals surface area contributed by atoms with Gasteiger partial charge < -0.3 is 0 Å². The molecule has 0 unspecified atom stereocenters. The molecule has 0 bridgehead atoms. The van der Waals surface area contributed by atoms with Crippen molar-refractivity contribution >= 4 is 59.8 Å². The van der Waals surface area contributed by atoms with E-state index in [1.54, 1.807) is 0 Å². The van der Waals surface area contributed by atoms with E-state index in [9.17, 15) is 13.2 Å². The van der Waals surface area contributed by atoms with Crippen molar-refractivity contribution in [2.24, 2.45) is 5.10 Å². The zero-order chi connectivity index (χ0) is 13.5. The summed E-state index contributed by atoms with van der Waals surface area (Å²) in [7, 11) is -4.30. The summed E-state index contributed by atoms with van der Waals surface area (Å²) in [6.45, 7) is 0. The van der Waals surface area contributed by atoms with Crippen molar-refractivity contribution in [3.8, 4) is 0 Å². The number of halogens is 2. The van der Waals surface area contributed by atoms with Crippen molar-refractivity contribution in [2.75, 3.05) is 5.01 Å². The number of amides is 1. The van der Waals surface area contributed by atoms with Crippen molar-refractivity contribution in [3.63, 3.8) is 0 Å². The molecule has 1 heterocycles. The van der Waals surface area contributed by atoms with Crippen molar-refractivity contribution in [1.29, 1.82) is 0 Å². The summed E-state index contributed by atoms with van der Waals surface area (Å²) in [5, 5.41) is 5.04. The molecule has 1 aromatic rings. The molecule has 9 heteroatoms. The molecule has 0 radical (unpaired) electrons. The summed E-state index contributed by atoms with van der Waals surface area (Å²) in [6, 6.07) is 2.41. The summed E-state index contributed by atoms with van der Waals surface area (Å²) in [5.41, 5.74) is 0.390. The summed E-state index contributed by atoms with van der Waals surface area (Å²) >= 11 is 6.31. The van der Waals surface area contributed by atoms with Crippen LogP contribution in [-0.2, 0) is 14.9 Å². The van der Waals surface area contributed by atoms with Crippen molar-refractivity contribution < 1.29 is 17.8 Å². The van der Waals surface area contributed by atoms with Gasteiger partial charge in [0.2, 0.25) is 0 Å². The third kappa shape index (κ3) is 2.48. The van der Waals surface area contributed by atoms with Crippen molar-refractivity contribution in [1.82, 2.24) is 0 Å². The first kappa shape index (κ1) is 13.7. The van der Waals surface area contributed by atoms with E-state index in [1.165, 1.54) is 18.3 Å². The number of hydrogen-bond acceptors (Lipinski definition) is 4. The quantitative estimate of drug-likeness (QED) is 0.774. The van der Waals surface area contributed by atoms with Gasteiger partial charge >= 0.3 is 0 Å². The van der Waals surface area contributed by atoms with Gasteiger partial charge in [0.05, 0.1) is 17.0 Å². The van der Waals surface area contributed by atoms with Crippen LogP contribution >= 0.6 is 31.9 Å². The molecule has 1 aromatic carbocycles. The van der Waals surface area contributed by atoms with E-state index >= 15 is 0 Å². The minimum atomic E-state index is -4.30. The van der Waals surface area contributed by atoms with Crippen LogP contribution in [0.25, 0.3) is 0 Å². The molecular formula is C9H6Br2N2O4S. The average molecular weight is 398 g/mol. The minimum absolute atomic E-state index is 0.193. The van der Waals surface area contributed by atoms with Gasteiger partial charge in [-0.15, -0.1) is 0 Å². The number of carbonyl (C=O) groups is 1. The molecule has 0 aromatic heterocycles. The molecule has 1 N–H and O–H groups in total. The van der Waals surface area contributed by atoms with E-state index in [0.717, 1.165) is 5.01 Å². The molecule has 1 aliphatic rings. The Balaban J connectivity index is 2.58. The summed E-state index contributed by atoms with van der Waals surface area (Å²) in [4.78, 5) is 11.3. The number of nitrogens with zero attached hydrogens (tertiary/aromatic N) is 2. The van der Waals surface area contributed by atoms with Crippen LogP contribution in [0.3, 0.4) is 0 Å². The number of benzene rings is 1. The van der Waals surface area contributed by atoms with Crippen molar-refractivity contribution in [2.45, 2.75) is 11.3 Å². The van der Waals surface area contributed by atoms with Gasteiger partial charge in [-0.25, -0.2) is 0 Å². The number of anilines is 1. The fourth-order valence-corrected chi connectivity index (χ4v) is 3.79. The first-order valence-corrected chi connectivity index (χ1v) is 7.65. The lowest BCUT2D eigenvalue weighted by Gasteiger charge is -2.16. The maximum atomic E-state index is 11.6. The molecule has 0 spiro atoms. The van der Waals surface area contributed by atoms with Gasteiger partial charge in [0.25, 0.3) is 16.0 Å². The first-order valence-electron chi connectivity index (χ1n) is 4.62. The highest BCUT2D eigenvalue weighted by Gasteiger charge is 2.25. The molecule has 6 nitrogen and oxygen atoms in total. The molecule has 1 aliphatic heterocycles. The second-order valence-corrected chi connectivity index (χ2v) is 6.55. The van der Waals surface area contributed by atoms with Crippen molar-refractivity contribution in [3.05, 3.63) is 21.1 Å². The van der Waals surface area contributed by atoms with Crippen LogP contribution in [0.5, 0.6) is 0 Å². The standard InChI is InChI=1S/C9H6Br2N2O4S/c10-6-3-5(18(15,16)17)4-7(11)9(6)13-8(14)1-2-12-13/h2-4H,1H2,(H,15,16,17).